The fraction of sp³-hybridized carbons (Fsp3) is 0.350. The van der Waals surface area contributed by atoms with Crippen LogP contribution >= 0.6 is 0 Å². The van der Waals surface area contributed by atoms with Crippen molar-refractivity contribution in [1.82, 2.24) is 5.32 Å². The van der Waals surface area contributed by atoms with E-state index in [-0.39, 0.29) is 0 Å². The van der Waals surface area contributed by atoms with Gasteiger partial charge in [-0.3, -0.25) is 0 Å². The Morgan fingerprint density at radius 3 is 2.17 bits per heavy atom. The van der Waals surface area contributed by atoms with E-state index < -0.39 is 17.2 Å². The third-order valence-corrected chi connectivity index (χ3v) is 4.73. The second-order valence-corrected chi connectivity index (χ2v) is 6.44. The number of aliphatic hydroxyl groups is 1. The monoisotopic (exact) mass is 325 g/mol. The van der Waals surface area contributed by atoms with E-state index in [1.165, 1.54) is 6.92 Å². The number of nitrogens with one attached hydrogen (secondary N) is 1. The number of ether oxygens (including phenoxy) is 1. The van der Waals surface area contributed by atoms with Gasteiger partial charge >= 0.3 is 5.97 Å². The van der Waals surface area contributed by atoms with Gasteiger partial charge in [0.05, 0.1) is 0 Å². The zero-order valence-electron chi connectivity index (χ0n) is 13.9. The molecule has 0 saturated carbocycles. The van der Waals surface area contributed by atoms with E-state index in [0.717, 1.165) is 18.7 Å². The predicted molar refractivity (Wildman–Crippen MR) is 92.3 cm³/mol. The molecule has 1 atom stereocenters. The van der Waals surface area contributed by atoms with Gasteiger partial charge in [-0.05, 0) is 31.1 Å². The third kappa shape index (κ3) is 3.21. The molecule has 1 saturated heterocycles. The van der Waals surface area contributed by atoms with Gasteiger partial charge in [0.2, 0.25) is 0 Å². The average Bonchev–Trinajstić information content (AvgIpc) is 2.64. The number of carbonyl (C=O) groups is 1. The van der Waals surface area contributed by atoms with E-state index in [0.29, 0.717) is 18.4 Å². The molecule has 3 rings (SSSR count). The van der Waals surface area contributed by atoms with Crippen molar-refractivity contribution in [3.05, 3.63) is 71.8 Å². The Bertz CT molecular complexity index is 677. The zero-order valence-corrected chi connectivity index (χ0v) is 13.9. The Hall–Kier alpha value is -2.17. The first-order valence-corrected chi connectivity index (χ1v) is 8.32. The SMILES string of the molecule is CC(O)(C(=O)OC1(c2ccccc2)CCNCC1)c1ccccc1. The largest absolute Gasteiger partial charge is 0.452 e. The van der Waals surface area contributed by atoms with Crippen molar-refractivity contribution >= 4 is 5.97 Å². The van der Waals surface area contributed by atoms with Crippen LogP contribution < -0.4 is 5.32 Å². The Kier molecular flexibility index (Phi) is 4.69. The van der Waals surface area contributed by atoms with Crippen LogP contribution in [-0.4, -0.2) is 24.2 Å². The normalized spacial score (nSPS) is 19.2. The highest BCUT2D eigenvalue weighted by Gasteiger charge is 2.43. The quantitative estimate of drug-likeness (QED) is 0.849. The van der Waals surface area contributed by atoms with Crippen LogP contribution in [0.1, 0.15) is 30.9 Å². The van der Waals surface area contributed by atoms with E-state index in [2.05, 4.69) is 5.32 Å². The summed E-state index contributed by atoms with van der Waals surface area (Å²) in [6, 6.07) is 18.7. The van der Waals surface area contributed by atoms with E-state index in [4.69, 9.17) is 4.74 Å². The minimum atomic E-state index is -1.67. The van der Waals surface area contributed by atoms with Gasteiger partial charge in [0.25, 0.3) is 0 Å². The summed E-state index contributed by atoms with van der Waals surface area (Å²) in [5.41, 5.74) is -0.855. The van der Waals surface area contributed by atoms with Crippen molar-refractivity contribution in [2.75, 3.05) is 13.1 Å². The number of benzene rings is 2. The standard InChI is InChI=1S/C20H23NO3/c1-19(23,16-8-4-2-5-9-16)18(22)24-20(12-14-21-15-13-20)17-10-6-3-7-11-17/h2-11,21,23H,12-15H2,1H3. The number of piperidine rings is 1. The first-order chi connectivity index (χ1) is 11.5. The van der Waals surface area contributed by atoms with E-state index in [9.17, 15) is 9.90 Å². The van der Waals surface area contributed by atoms with E-state index >= 15 is 0 Å². The summed E-state index contributed by atoms with van der Waals surface area (Å²) in [5, 5.41) is 14.1. The summed E-state index contributed by atoms with van der Waals surface area (Å²) in [5.74, 6) is -0.612. The average molecular weight is 325 g/mol. The molecular formula is C20H23NO3. The molecule has 0 radical (unpaired) electrons. The molecule has 2 aromatic rings. The molecule has 0 aliphatic carbocycles. The molecule has 1 aliphatic rings. The van der Waals surface area contributed by atoms with Crippen LogP contribution in [0.25, 0.3) is 0 Å². The van der Waals surface area contributed by atoms with Crippen LogP contribution in [0.15, 0.2) is 60.7 Å². The van der Waals surface area contributed by atoms with Crippen LogP contribution in [-0.2, 0) is 20.7 Å². The third-order valence-electron chi connectivity index (χ3n) is 4.73. The van der Waals surface area contributed by atoms with Gasteiger partial charge < -0.3 is 15.2 Å². The Labute approximate surface area is 142 Å². The van der Waals surface area contributed by atoms with Crippen molar-refractivity contribution in [3.8, 4) is 0 Å². The molecule has 4 heteroatoms. The Balaban J connectivity index is 1.89. The lowest BCUT2D eigenvalue weighted by Crippen LogP contribution is -2.46. The number of rotatable bonds is 4. The molecule has 126 valence electrons. The highest BCUT2D eigenvalue weighted by molar-refractivity contribution is 5.81. The minimum Gasteiger partial charge on any atom is -0.452 e. The van der Waals surface area contributed by atoms with Crippen LogP contribution in [0.3, 0.4) is 0 Å². The van der Waals surface area contributed by atoms with Crippen LogP contribution in [0, 0.1) is 0 Å². The van der Waals surface area contributed by atoms with Crippen molar-refractivity contribution in [2.45, 2.75) is 31.0 Å². The first-order valence-electron chi connectivity index (χ1n) is 8.32. The van der Waals surface area contributed by atoms with Crippen LogP contribution in [0.5, 0.6) is 0 Å². The van der Waals surface area contributed by atoms with Crippen molar-refractivity contribution in [2.24, 2.45) is 0 Å². The maximum absolute atomic E-state index is 12.8. The highest BCUT2D eigenvalue weighted by atomic mass is 16.6. The molecule has 2 aromatic carbocycles. The van der Waals surface area contributed by atoms with Crippen molar-refractivity contribution in [3.63, 3.8) is 0 Å². The summed E-state index contributed by atoms with van der Waals surface area (Å²) >= 11 is 0. The number of hydrogen-bond donors (Lipinski definition) is 2. The van der Waals surface area contributed by atoms with E-state index in [1.54, 1.807) is 24.3 Å². The summed E-state index contributed by atoms with van der Waals surface area (Å²) in [6.45, 7) is 3.04. The number of esters is 1. The molecule has 4 nitrogen and oxygen atoms in total. The van der Waals surface area contributed by atoms with Crippen LogP contribution in [0.4, 0.5) is 0 Å². The van der Waals surface area contributed by atoms with Crippen molar-refractivity contribution in [1.29, 1.82) is 0 Å². The van der Waals surface area contributed by atoms with E-state index in [1.807, 2.05) is 36.4 Å². The Morgan fingerprint density at radius 2 is 1.58 bits per heavy atom. The van der Waals surface area contributed by atoms with Gasteiger partial charge in [0.1, 0.15) is 5.60 Å². The topological polar surface area (TPSA) is 58.6 Å². The fourth-order valence-corrected chi connectivity index (χ4v) is 3.18. The lowest BCUT2D eigenvalue weighted by Gasteiger charge is -2.39. The van der Waals surface area contributed by atoms with Gasteiger partial charge in [-0.1, -0.05) is 60.7 Å². The van der Waals surface area contributed by atoms with Crippen molar-refractivity contribution < 1.29 is 14.6 Å². The summed E-state index contributed by atoms with van der Waals surface area (Å²) < 4.78 is 5.96. The second-order valence-electron chi connectivity index (χ2n) is 6.44. The molecule has 2 N–H and O–H groups in total. The maximum atomic E-state index is 12.8. The Morgan fingerprint density at radius 1 is 1.04 bits per heavy atom. The summed E-state index contributed by atoms with van der Waals surface area (Å²) in [7, 11) is 0. The summed E-state index contributed by atoms with van der Waals surface area (Å²) in [6.07, 6.45) is 1.38. The molecule has 1 fully saturated rings. The lowest BCUT2D eigenvalue weighted by molar-refractivity contribution is -0.185. The molecule has 0 amide bonds. The minimum absolute atomic E-state index is 0.534. The van der Waals surface area contributed by atoms with Crippen LogP contribution in [0.2, 0.25) is 0 Å². The second kappa shape index (κ2) is 6.75. The smallest absolute Gasteiger partial charge is 0.343 e. The van der Waals surface area contributed by atoms with Gasteiger partial charge in [-0.2, -0.15) is 0 Å². The number of hydrogen-bond acceptors (Lipinski definition) is 4. The van der Waals surface area contributed by atoms with Gasteiger partial charge in [-0.25, -0.2) is 4.79 Å². The molecule has 1 aliphatic heterocycles. The van der Waals surface area contributed by atoms with Gasteiger partial charge in [-0.15, -0.1) is 0 Å². The molecule has 1 unspecified atom stereocenters. The maximum Gasteiger partial charge on any atom is 0.343 e. The lowest BCUT2D eigenvalue weighted by atomic mass is 9.84. The molecule has 0 bridgehead atoms. The number of carbonyl (C=O) groups excluding carboxylic acids is 1. The van der Waals surface area contributed by atoms with Gasteiger partial charge in [0.15, 0.2) is 5.60 Å². The molecule has 24 heavy (non-hydrogen) atoms. The molecule has 1 heterocycles. The highest BCUT2D eigenvalue weighted by Crippen LogP contribution is 2.37. The molecule has 0 spiro atoms. The fourth-order valence-electron chi connectivity index (χ4n) is 3.18. The van der Waals surface area contributed by atoms with Gasteiger partial charge in [0, 0.05) is 12.8 Å². The first kappa shape index (κ1) is 16.7. The zero-order chi connectivity index (χ0) is 17.0. The molecule has 0 aromatic heterocycles. The predicted octanol–water partition coefficient (Wildman–Crippen LogP) is 2.72. The molecular weight excluding hydrogens is 302 g/mol. The summed E-state index contributed by atoms with van der Waals surface area (Å²) in [4.78, 5) is 12.8.